The SMILES string of the molecule is COc1ccc(C2CC(=O)N(c3ccc(F)c(F)c3)C(=O)C2)cc1OC. The smallest absolute Gasteiger partial charge is 0.234 e. The van der Waals surface area contributed by atoms with Gasteiger partial charge < -0.3 is 9.47 Å². The molecule has 1 saturated heterocycles. The molecule has 1 aliphatic heterocycles. The molecule has 0 saturated carbocycles. The molecular weight excluding hydrogens is 344 g/mol. The van der Waals surface area contributed by atoms with E-state index in [1.54, 1.807) is 18.2 Å². The van der Waals surface area contributed by atoms with Gasteiger partial charge in [0.25, 0.3) is 0 Å². The van der Waals surface area contributed by atoms with Crippen molar-refractivity contribution in [3.63, 3.8) is 0 Å². The molecular formula is C19H17F2NO4. The van der Waals surface area contributed by atoms with Crippen LogP contribution in [0.25, 0.3) is 0 Å². The quantitative estimate of drug-likeness (QED) is 0.783. The second-order valence-electron chi connectivity index (χ2n) is 5.94. The van der Waals surface area contributed by atoms with Crippen LogP contribution in [-0.2, 0) is 9.59 Å². The third kappa shape index (κ3) is 3.24. The highest BCUT2D eigenvalue weighted by molar-refractivity contribution is 6.17. The van der Waals surface area contributed by atoms with E-state index in [1.807, 2.05) is 0 Å². The summed E-state index contributed by atoms with van der Waals surface area (Å²) in [5, 5.41) is 0. The second-order valence-corrected chi connectivity index (χ2v) is 5.94. The molecule has 1 fully saturated rings. The molecule has 0 unspecified atom stereocenters. The molecule has 0 aromatic heterocycles. The summed E-state index contributed by atoms with van der Waals surface area (Å²) in [6.07, 6.45) is 0.139. The van der Waals surface area contributed by atoms with Gasteiger partial charge in [0.15, 0.2) is 23.1 Å². The highest BCUT2D eigenvalue weighted by Gasteiger charge is 2.35. The number of piperidine rings is 1. The standard InChI is InChI=1S/C19H17F2NO4/c1-25-16-6-3-11(7-17(16)26-2)12-8-18(23)22(19(24)9-12)13-4-5-14(20)15(21)10-13/h3-7,10,12H,8-9H2,1-2H3. The van der Waals surface area contributed by atoms with E-state index < -0.39 is 23.4 Å². The number of rotatable bonds is 4. The Morgan fingerprint density at radius 1 is 0.885 bits per heavy atom. The molecule has 5 nitrogen and oxygen atoms in total. The van der Waals surface area contributed by atoms with Gasteiger partial charge in [-0.15, -0.1) is 0 Å². The number of benzene rings is 2. The lowest BCUT2D eigenvalue weighted by atomic mass is 9.88. The van der Waals surface area contributed by atoms with E-state index in [0.29, 0.717) is 11.5 Å². The molecule has 1 heterocycles. The van der Waals surface area contributed by atoms with Crippen molar-refractivity contribution in [3.05, 3.63) is 53.6 Å². The maximum atomic E-state index is 13.4. The fourth-order valence-corrected chi connectivity index (χ4v) is 3.07. The van der Waals surface area contributed by atoms with Gasteiger partial charge in [-0.25, -0.2) is 8.78 Å². The van der Waals surface area contributed by atoms with Crippen molar-refractivity contribution >= 4 is 17.5 Å². The first-order chi connectivity index (χ1) is 12.4. The molecule has 3 rings (SSSR count). The minimum atomic E-state index is -1.11. The number of anilines is 1. The van der Waals surface area contributed by atoms with Crippen molar-refractivity contribution in [2.45, 2.75) is 18.8 Å². The Morgan fingerprint density at radius 2 is 1.54 bits per heavy atom. The summed E-state index contributed by atoms with van der Waals surface area (Å²) in [5.41, 5.74) is 0.805. The van der Waals surface area contributed by atoms with Crippen LogP contribution in [-0.4, -0.2) is 26.0 Å². The number of imide groups is 1. The average molecular weight is 361 g/mol. The van der Waals surface area contributed by atoms with Crippen molar-refractivity contribution in [3.8, 4) is 11.5 Å². The molecule has 26 heavy (non-hydrogen) atoms. The van der Waals surface area contributed by atoms with Gasteiger partial charge in [-0.05, 0) is 29.8 Å². The lowest BCUT2D eigenvalue weighted by Gasteiger charge is -2.30. The molecule has 2 aromatic rings. The van der Waals surface area contributed by atoms with Gasteiger partial charge in [0, 0.05) is 24.8 Å². The number of carbonyl (C=O) groups is 2. The summed E-state index contributed by atoms with van der Waals surface area (Å²) in [5.74, 6) is -2.34. The van der Waals surface area contributed by atoms with E-state index >= 15 is 0 Å². The maximum Gasteiger partial charge on any atom is 0.234 e. The summed E-state index contributed by atoms with van der Waals surface area (Å²) >= 11 is 0. The largest absolute Gasteiger partial charge is 0.493 e. The van der Waals surface area contributed by atoms with Gasteiger partial charge in [-0.3, -0.25) is 14.5 Å². The summed E-state index contributed by atoms with van der Waals surface area (Å²) in [7, 11) is 3.02. The monoisotopic (exact) mass is 361 g/mol. The Kier molecular flexibility index (Phi) is 4.88. The summed E-state index contributed by atoms with van der Waals surface area (Å²) in [6, 6.07) is 8.18. The third-order valence-corrected chi connectivity index (χ3v) is 4.38. The van der Waals surface area contributed by atoms with Gasteiger partial charge in [-0.2, -0.15) is 0 Å². The number of hydrogen-bond donors (Lipinski definition) is 0. The van der Waals surface area contributed by atoms with Gasteiger partial charge in [-0.1, -0.05) is 6.07 Å². The number of hydrogen-bond acceptors (Lipinski definition) is 4. The third-order valence-electron chi connectivity index (χ3n) is 4.38. The summed E-state index contributed by atoms with van der Waals surface area (Å²) in [4.78, 5) is 25.9. The van der Waals surface area contributed by atoms with Crippen molar-refractivity contribution in [2.75, 3.05) is 19.1 Å². The Bertz CT molecular complexity index is 851. The van der Waals surface area contributed by atoms with Gasteiger partial charge in [0.2, 0.25) is 11.8 Å². The van der Waals surface area contributed by atoms with Gasteiger partial charge in [0.1, 0.15) is 0 Å². The first-order valence-electron chi connectivity index (χ1n) is 7.97. The molecule has 0 radical (unpaired) electrons. The number of amides is 2. The predicted octanol–water partition coefficient (Wildman–Crippen LogP) is 3.42. The first-order valence-corrected chi connectivity index (χ1v) is 7.97. The maximum absolute atomic E-state index is 13.4. The Balaban J connectivity index is 1.85. The molecule has 1 aliphatic rings. The lowest BCUT2D eigenvalue weighted by molar-refractivity contribution is -0.129. The fourth-order valence-electron chi connectivity index (χ4n) is 3.07. The van der Waals surface area contributed by atoms with Crippen LogP contribution < -0.4 is 14.4 Å². The van der Waals surface area contributed by atoms with Crippen molar-refractivity contribution < 1.29 is 27.8 Å². The molecule has 2 aromatic carbocycles. The van der Waals surface area contributed by atoms with Crippen LogP contribution in [0.5, 0.6) is 11.5 Å². The number of halogens is 2. The van der Waals surface area contributed by atoms with E-state index in [0.717, 1.165) is 22.6 Å². The number of carbonyl (C=O) groups excluding carboxylic acids is 2. The van der Waals surface area contributed by atoms with Crippen LogP contribution in [0.3, 0.4) is 0 Å². The Labute approximate surface area is 149 Å². The van der Waals surface area contributed by atoms with Crippen LogP contribution in [0.4, 0.5) is 14.5 Å². The highest BCUT2D eigenvalue weighted by Crippen LogP contribution is 2.36. The van der Waals surface area contributed by atoms with Crippen molar-refractivity contribution in [1.29, 1.82) is 0 Å². The Morgan fingerprint density at radius 3 is 2.12 bits per heavy atom. The van der Waals surface area contributed by atoms with E-state index in [4.69, 9.17) is 9.47 Å². The first kappa shape index (κ1) is 17.8. The van der Waals surface area contributed by atoms with Crippen LogP contribution in [0.15, 0.2) is 36.4 Å². The van der Waals surface area contributed by atoms with E-state index in [-0.39, 0.29) is 24.4 Å². The average Bonchev–Trinajstić information content (AvgIpc) is 2.63. The summed E-state index contributed by atoms with van der Waals surface area (Å²) < 4.78 is 37.0. The number of ether oxygens (including phenoxy) is 2. The molecule has 0 bridgehead atoms. The van der Waals surface area contributed by atoms with Crippen LogP contribution in [0, 0.1) is 11.6 Å². The predicted molar refractivity (Wildman–Crippen MR) is 90.4 cm³/mol. The number of nitrogens with zero attached hydrogens (tertiary/aromatic N) is 1. The zero-order valence-electron chi connectivity index (χ0n) is 14.3. The normalized spacial score (nSPS) is 15.3. The molecule has 0 spiro atoms. The molecule has 0 N–H and O–H groups in total. The van der Waals surface area contributed by atoms with Crippen LogP contribution in [0.2, 0.25) is 0 Å². The minimum Gasteiger partial charge on any atom is -0.493 e. The minimum absolute atomic E-state index is 0.0321. The zero-order valence-corrected chi connectivity index (χ0v) is 14.3. The van der Waals surface area contributed by atoms with E-state index in [1.165, 1.54) is 20.3 Å². The highest BCUT2D eigenvalue weighted by atomic mass is 19.2. The van der Waals surface area contributed by atoms with Crippen LogP contribution in [0.1, 0.15) is 24.3 Å². The Hall–Kier alpha value is -2.96. The van der Waals surface area contributed by atoms with Gasteiger partial charge in [0.05, 0.1) is 19.9 Å². The van der Waals surface area contributed by atoms with Crippen molar-refractivity contribution in [2.24, 2.45) is 0 Å². The molecule has 0 aliphatic carbocycles. The van der Waals surface area contributed by atoms with Gasteiger partial charge >= 0.3 is 0 Å². The lowest BCUT2D eigenvalue weighted by Crippen LogP contribution is -2.42. The fraction of sp³-hybridized carbons (Fsp3) is 0.263. The molecule has 7 heteroatoms. The van der Waals surface area contributed by atoms with Crippen molar-refractivity contribution in [1.82, 2.24) is 0 Å². The van der Waals surface area contributed by atoms with Crippen LogP contribution >= 0.6 is 0 Å². The van der Waals surface area contributed by atoms with E-state index in [9.17, 15) is 18.4 Å². The molecule has 136 valence electrons. The number of methoxy groups -OCH3 is 2. The second kappa shape index (κ2) is 7.11. The zero-order chi connectivity index (χ0) is 18.8. The topological polar surface area (TPSA) is 55.8 Å². The van der Waals surface area contributed by atoms with E-state index in [2.05, 4.69) is 0 Å². The molecule has 2 amide bonds. The molecule has 0 atom stereocenters. The summed E-state index contributed by atoms with van der Waals surface area (Å²) in [6.45, 7) is 0.